The Kier molecular flexibility index (Phi) is 5.39. The summed E-state index contributed by atoms with van der Waals surface area (Å²) in [5, 5.41) is 0. The van der Waals surface area contributed by atoms with Gasteiger partial charge in [-0.15, -0.1) is 0 Å². The van der Waals surface area contributed by atoms with Crippen LogP contribution in [0.15, 0.2) is 18.2 Å². The minimum absolute atomic E-state index is 1.35. The van der Waals surface area contributed by atoms with E-state index >= 15 is 0 Å². The van der Waals surface area contributed by atoms with Crippen LogP contribution >= 0.6 is 0 Å². The summed E-state index contributed by atoms with van der Waals surface area (Å²) in [6.45, 7) is 6.39. The number of hydrogen-bond acceptors (Lipinski definition) is 1. The molecule has 1 aromatic rings. The van der Waals surface area contributed by atoms with Gasteiger partial charge in [0, 0.05) is 14.2 Å². The van der Waals surface area contributed by atoms with Crippen molar-refractivity contribution in [2.45, 2.75) is 20.8 Å². The van der Waals surface area contributed by atoms with Crippen LogP contribution in [-0.2, 0) is 4.74 Å². The molecule has 0 fully saturated rings. The summed E-state index contributed by atoms with van der Waals surface area (Å²) in [4.78, 5) is 0. The first kappa shape index (κ1) is 11.2. The lowest BCUT2D eigenvalue weighted by molar-refractivity contribution is 0.277. The van der Waals surface area contributed by atoms with E-state index in [1.54, 1.807) is 14.2 Å². The fraction of sp³-hybridized carbons (Fsp3) is 0.455. The highest BCUT2D eigenvalue weighted by molar-refractivity contribution is 5.28. The zero-order chi connectivity index (χ0) is 9.56. The summed E-state index contributed by atoms with van der Waals surface area (Å²) in [5.41, 5.74) is 4.11. The van der Waals surface area contributed by atoms with Gasteiger partial charge >= 0.3 is 0 Å². The van der Waals surface area contributed by atoms with E-state index in [2.05, 4.69) is 43.7 Å². The SMILES string of the molecule is COC.Cc1ccc(C)c(C)c1. The predicted molar refractivity (Wildman–Crippen MR) is 53.6 cm³/mol. The fourth-order valence-electron chi connectivity index (χ4n) is 0.891. The highest BCUT2D eigenvalue weighted by Crippen LogP contribution is 2.07. The summed E-state index contributed by atoms with van der Waals surface area (Å²) >= 11 is 0. The van der Waals surface area contributed by atoms with Crippen molar-refractivity contribution >= 4 is 0 Å². The van der Waals surface area contributed by atoms with Crippen LogP contribution in [0.1, 0.15) is 16.7 Å². The molecule has 1 rings (SSSR count). The molecule has 0 radical (unpaired) electrons. The van der Waals surface area contributed by atoms with E-state index in [1.165, 1.54) is 16.7 Å². The summed E-state index contributed by atoms with van der Waals surface area (Å²) < 4.78 is 4.25. The molecule has 0 spiro atoms. The second-order valence-electron chi connectivity index (χ2n) is 3.00. The normalized spacial score (nSPS) is 8.75. The van der Waals surface area contributed by atoms with Crippen molar-refractivity contribution in [3.8, 4) is 0 Å². The smallest absolute Gasteiger partial charge is 0.0351 e. The molecule has 1 nitrogen and oxygen atoms in total. The molecule has 0 N–H and O–H groups in total. The molecule has 0 aliphatic heterocycles. The number of methoxy groups -OCH3 is 1. The quantitative estimate of drug-likeness (QED) is 0.576. The number of hydrogen-bond donors (Lipinski definition) is 0. The first-order valence-electron chi connectivity index (χ1n) is 4.05. The van der Waals surface area contributed by atoms with E-state index in [0.29, 0.717) is 0 Å². The van der Waals surface area contributed by atoms with Gasteiger partial charge in [-0.3, -0.25) is 0 Å². The van der Waals surface area contributed by atoms with Gasteiger partial charge in [-0.05, 0) is 31.9 Å². The van der Waals surface area contributed by atoms with Crippen molar-refractivity contribution in [1.82, 2.24) is 0 Å². The van der Waals surface area contributed by atoms with Crippen molar-refractivity contribution in [1.29, 1.82) is 0 Å². The molecule has 68 valence electrons. The Balaban J connectivity index is 0.000000354. The molecule has 0 saturated heterocycles. The summed E-state index contributed by atoms with van der Waals surface area (Å²) in [6, 6.07) is 6.50. The lowest BCUT2D eigenvalue weighted by Gasteiger charge is -1.98. The molecule has 1 heteroatoms. The van der Waals surface area contributed by atoms with Crippen LogP contribution in [0, 0.1) is 20.8 Å². The average Bonchev–Trinajstić information content (AvgIpc) is 1.99. The first-order chi connectivity index (χ1) is 5.61. The van der Waals surface area contributed by atoms with E-state index in [-0.39, 0.29) is 0 Å². The van der Waals surface area contributed by atoms with E-state index < -0.39 is 0 Å². The highest BCUT2D eigenvalue weighted by atomic mass is 16.4. The minimum Gasteiger partial charge on any atom is -0.388 e. The Morgan fingerprint density at radius 2 is 1.42 bits per heavy atom. The van der Waals surface area contributed by atoms with E-state index in [1.807, 2.05) is 0 Å². The van der Waals surface area contributed by atoms with Gasteiger partial charge in [0.1, 0.15) is 0 Å². The molecule has 0 unspecified atom stereocenters. The van der Waals surface area contributed by atoms with Gasteiger partial charge in [-0.25, -0.2) is 0 Å². The third-order valence-corrected chi connectivity index (χ3v) is 1.66. The monoisotopic (exact) mass is 166 g/mol. The molecule has 0 atom stereocenters. The second-order valence-corrected chi connectivity index (χ2v) is 3.00. The average molecular weight is 166 g/mol. The topological polar surface area (TPSA) is 9.23 Å². The third kappa shape index (κ3) is 4.14. The van der Waals surface area contributed by atoms with Crippen molar-refractivity contribution in [2.24, 2.45) is 0 Å². The molecular weight excluding hydrogens is 148 g/mol. The van der Waals surface area contributed by atoms with Gasteiger partial charge in [0.05, 0.1) is 0 Å². The van der Waals surface area contributed by atoms with Crippen LogP contribution in [0.4, 0.5) is 0 Å². The van der Waals surface area contributed by atoms with Crippen molar-refractivity contribution in [3.05, 3.63) is 34.9 Å². The van der Waals surface area contributed by atoms with Crippen molar-refractivity contribution < 1.29 is 4.74 Å². The Bertz CT molecular complexity index is 228. The van der Waals surface area contributed by atoms with Crippen LogP contribution in [-0.4, -0.2) is 14.2 Å². The number of benzene rings is 1. The van der Waals surface area contributed by atoms with Crippen LogP contribution in [0.3, 0.4) is 0 Å². The summed E-state index contributed by atoms with van der Waals surface area (Å²) in [7, 11) is 3.25. The fourth-order valence-corrected chi connectivity index (χ4v) is 0.891. The molecular formula is C11H18O. The van der Waals surface area contributed by atoms with E-state index in [0.717, 1.165) is 0 Å². The summed E-state index contributed by atoms with van der Waals surface area (Å²) in [5.74, 6) is 0. The minimum atomic E-state index is 1.35. The predicted octanol–water partition coefficient (Wildman–Crippen LogP) is 2.87. The largest absolute Gasteiger partial charge is 0.388 e. The Morgan fingerprint density at radius 3 is 1.75 bits per heavy atom. The molecule has 0 aromatic heterocycles. The Hall–Kier alpha value is -0.820. The number of aryl methyl sites for hydroxylation is 3. The standard InChI is InChI=1S/C9H12.C2H6O/c1-7-4-5-8(2)9(3)6-7;1-3-2/h4-6H,1-3H3;1-2H3. The summed E-state index contributed by atoms with van der Waals surface area (Å²) in [6.07, 6.45) is 0. The molecule has 0 saturated carbocycles. The second kappa shape index (κ2) is 5.78. The molecule has 0 amide bonds. The number of ether oxygens (including phenoxy) is 1. The zero-order valence-corrected chi connectivity index (χ0v) is 8.64. The van der Waals surface area contributed by atoms with Crippen LogP contribution in [0.2, 0.25) is 0 Å². The third-order valence-electron chi connectivity index (χ3n) is 1.66. The van der Waals surface area contributed by atoms with Gasteiger partial charge < -0.3 is 4.74 Å². The maximum atomic E-state index is 4.25. The molecule has 0 bridgehead atoms. The molecule has 0 aliphatic rings. The van der Waals surface area contributed by atoms with Gasteiger partial charge in [-0.2, -0.15) is 0 Å². The van der Waals surface area contributed by atoms with Gasteiger partial charge in [-0.1, -0.05) is 23.8 Å². The van der Waals surface area contributed by atoms with Gasteiger partial charge in [0.2, 0.25) is 0 Å². The molecule has 0 aliphatic carbocycles. The lowest BCUT2D eigenvalue weighted by atomic mass is 10.1. The number of rotatable bonds is 0. The highest BCUT2D eigenvalue weighted by Gasteiger charge is 1.89. The molecule has 12 heavy (non-hydrogen) atoms. The molecule has 0 heterocycles. The maximum absolute atomic E-state index is 4.25. The van der Waals surface area contributed by atoms with Crippen molar-refractivity contribution in [2.75, 3.05) is 14.2 Å². The Labute approximate surface area is 75.4 Å². The first-order valence-corrected chi connectivity index (χ1v) is 4.05. The zero-order valence-electron chi connectivity index (χ0n) is 8.64. The molecule has 1 aromatic carbocycles. The van der Waals surface area contributed by atoms with E-state index in [9.17, 15) is 0 Å². The Morgan fingerprint density at radius 1 is 0.917 bits per heavy atom. The van der Waals surface area contributed by atoms with Crippen LogP contribution in [0.25, 0.3) is 0 Å². The maximum Gasteiger partial charge on any atom is 0.0351 e. The van der Waals surface area contributed by atoms with Gasteiger partial charge in [0.15, 0.2) is 0 Å². The van der Waals surface area contributed by atoms with Crippen molar-refractivity contribution in [3.63, 3.8) is 0 Å². The lowest BCUT2D eigenvalue weighted by Crippen LogP contribution is -1.79. The van der Waals surface area contributed by atoms with Gasteiger partial charge in [0.25, 0.3) is 0 Å². The van der Waals surface area contributed by atoms with E-state index in [4.69, 9.17) is 0 Å². The van der Waals surface area contributed by atoms with Crippen LogP contribution < -0.4 is 0 Å². The van der Waals surface area contributed by atoms with Crippen LogP contribution in [0.5, 0.6) is 0 Å².